The first kappa shape index (κ1) is 17.3. The molecule has 0 unspecified atom stereocenters. The number of nitriles is 1. The van der Waals surface area contributed by atoms with E-state index in [-0.39, 0.29) is 18.1 Å². The van der Waals surface area contributed by atoms with Crippen LogP contribution in [0.1, 0.15) is 11.1 Å². The number of benzene rings is 2. The number of ether oxygens (including phenoxy) is 1. The van der Waals surface area contributed by atoms with Crippen LogP contribution >= 0.6 is 0 Å². The summed E-state index contributed by atoms with van der Waals surface area (Å²) < 4.78 is 18.6. The molecule has 5 nitrogen and oxygen atoms in total. The van der Waals surface area contributed by atoms with Gasteiger partial charge in [0.15, 0.2) is 6.61 Å². The number of nitrogens with zero attached hydrogens (tertiary/aromatic N) is 2. The van der Waals surface area contributed by atoms with E-state index in [0.29, 0.717) is 18.0 Å². The lowest BCUT2D eigenvalue weighted by Gasteiger charge is -2.12. The molecule has 2 aromatic carbocycles. The standard InChI is InChI=1S/C18H18FN3O2/c1-22(2)18(23)12-24-16-5-3-4-13(8-16)11-21-17-7-6-15(19)9-14(17)10-20/h3-9,21H,11-12H2,1-2H3. The fourth-order valence-corrected chi connectivity index (χ4v) is 1.98. The molecule has 0 bridgehead atoms. The highest BCUT2D eigenvalue weighted by Crippen LogP contribution is 2.19. The molecule has 6 heteroatoms. The van der Waals surface area contributed by atoms with E-state index >= 15 is 0 Å². The van der Waals surface area contributed by atoms with Crippen molar-refractivity contribution in [3.05, 3.63) is 59.4 Å². The number of rotatable bonds is 6. The Labute approximate surface area is 140 Å². The summed E-state index contributed by atoms with van der Waals surface area (Å²) in [6.07, 6.45) is 0. The molecule has 0 aromatic heterocycles. The summed E-state index contributed by atoms with van der Waals surface area (Å²) in [6.45, 7) is 0.416. The van der Waals surface area contributed by atoms with Gasteiger partial charge in [0.05, 0.1) is 11.3 Å². The van der Waals surface area contributed by atoms with Crippen LogP contribution in [0.15, 0.2) is 42.5 Å². The van der Waals surface area contributed by atoms with Gasteiger partial charge in [-0.05, 0) is 35.9 Å². The Morgan fingerprint density at radius 2 is 2.08 bits per heavy atom. The number of halogens is 1. The quantitative estimate of drug-likeness (QED) is 0.886. The Bertz CT molecular complexity index is 769. The van der Waals surface area contributed by atoms with Crippen molar-refractivity contribution in [2.24, 2.45) is 0 Å². The number of likely N-dealkylation sites (N-methyl/N-ethyl adjacent to an activating group) is 1. The van der Waals surface area contributed by atoms with Crippen LogP contribution in [0.2, 0.25) is 0 Å². The van der Waals surface area contributed by atoms with Gasteiger partial charge >= 0.3 is 0 Å². The van der Waals surface area contributed by atoms with E-state index in [1.807, 2.05) is 24.3 Å². The van der Waals surface area contributed by atoms with Gasteiger partial charge in [0.25, 0.3) is 5.91 Å². The van der Waals surface area contributed by atoms with Gasteiger partial charge in [-0.25, -0.2) is 4.39 Å². The highest BCUT2D eigenvalue weighted by Gasteiger charge is 2.06. The number of carbonyl (C=O) groups excluding carboxylic acids is 1. The van der Waals surface area contributed by atoms with Gasteiger partial charge in [0, 0.05) is 20.6 Å². The fraction of sp³-hybridized carbons (Fsp3) is 0.222. The van der Waals surface area contributed by atoms with Crippen molar-refractivity contribution in [2.45, 2.75) is 6.54 Å². The third-order valence-electron chi connectivity index (χ3n) is 3.34. The Morgan fingerprint density at radius 3 is 2.79 bits per heavy atom. The van der Waals surface area contributed by atoms with Gasteiger partial charge in [-0.15, -0.1) is 0 Å². The van der Waals surface area contributed by atoms with Crippen molar-refractivity contribution >= 4 is 11.6 Å². The molecule has 1 amide bonds. The van der Waals surface area contributed by atoms with E-state index in [4.69, 9.17) is 10.00 Å². The van der Waals surface area contributed by atoms with Crippen molar-refractivity contribution in [1.29, 1.82) is 5.26 Å². The fourth-order valence-electron chi connectivity index (χ4n) is 1.98. The zero-order valence-corrected chi connectivity index (χ0v) is 13.5. The summed E-state index contributed by atoms with van der Waals surface area (Å²) in [5, 5.41) is 12.1. The Kier molecular flexibility index (Phi) is 5.74. The molecule has 1 N–H and O–H groups in total. The summed E-state index contributed by atoms with van der Waals surface area (Å²) in [6, 6.07) is 13.3. The molecule has 24 heavy (non-hydrogen) atoms. The van der Waals surface area contributed by atoms with E-state index in [9.17, 15) is 9.18 Å². The number of carbonyl (C=O) groups is 1. The summed E-state index contributed by atoms with van der Waals surface area (Å²) in [7, 11) is 3.34. The summed E-state index contributed by atoms with van der Waals surface area (Å²) in [5.41, 5.74) is 1.73. The summed E-state index contributed by atoms with van der Waals surface area (Å²) >= 11 is 0. The molecule has 2 rings (SSSR count). The average molecular weight is 327 g/mol. The Balaban J connectivity index is 2.00. The first-order valence-corrected chi connectivity index (χ1v) is 7.35. The third kappa shape index (κ3) is 4.71. The van der Waals surface area contributed by atoms with Crippen LogP contribution in [-0.4, -0.2) is 31.5 Å². The van der Waals surface area contributed by atoms with Crippen LogP contribution in [0.25, 0.3) is 0 Å². The SMILES string of the molecule is CN(C)C(=O)COc1cccc(CNc2ccc(F)cc2C#N)c1. The first-order valence-electron chi connectivity index (χ1n) is 7.35. The minimum absolute atomic E-state index is 0.0274. The van der Waals surface area contributed by atoms with Gasteiger partial charge < -0.3 is 15.0 Å². The molecule has 0 aliphatic heterocycles. The topological polar surface area (TPSA) is 65.4 Å². The highest BCUT2D eigenvalue weighted by molar-refractivity contribution is 5.77. The molecule has 0 aliphatic rings. The molecular weight excluding hydrogens is 309 g/mol. The minimum atomic E-state index is -0.446. The van der Waals surface area contributed by atoms with Gasteiger partial charge in [-0.2, -0.15) is 5.26 Å². The number of amides is 1. The minimum Gasteiger partial charge on any atom is -0.484 e. The van der Waals surface area contributed by atoms with Crippen molar-refractivity contribution in [3.8, 4) is 11.8 Å². The predicted octanol–water partition coefficient (Wildman–Crippen LogP) is 2.78. The van der Waals surface area contributed by atoms with Gasteiger partial charge in [0.2, 0.25) is 0 Å². The molecule has 0 spiro atoms. The van der Waals surface area contributed by atoms with E-state index in [2.05, 4.69) is 5.32 Å². The maximum absolute atomic E-state index is 13.1. The smallest absolute Gasteiger partial charge is 0.259 e. The van der Waals surface area contributed by atoms with Crippen molar-refractivity contribution < 1.29 is 13.9 Å². The molecule has 0 saturated heterocycles. The van der Waals surface area contributed by atoms with E-state index < -0.39 is 5.82 Å². The first-order chi connectivity index (χ1) is 11.5. The lowest BCUT2D eigenvalue weighted by Crippen LogP contribution is -2.27. The highest BCUT2D eigenvalue weighted by atomic mass is 19.1. The molecule has 0 aliphatic carbocycles. The van der Waals surface area contributed by atoms with E-state index in [1.165, 1.54) is 23.1 Å². The van der Waals surface area contributed by atoms with Crippen LogP contribution in [-0.2, 0) is 11.3 Å². The van der Waals surface area contributed by atoms with Gasteiger partial charge in [0.1, 0.15) is 17.6 Å². The van der Waals surface area contributed by atoms with Crippen LogP contribution in [0.4, 0.5) is 10.1 Å². The number of hydrogen-bond donors (Lipinski definition) is 1. The molecule has 2 aromatic rings. The van der Waals surface area contributed by atoms with E-state index in [0.717, 1.165) is 5.56 Å². The lowest BCUT2D eigenvalue weighted by molar-refractivity contribution is -0.130. The number of nitrogens with one attached hydrogen (secondary N) is 1. The van der Waals surface area contributed by atoms with Crippen LogP contribution in [0, 0.1) is 17.1 Å². The van der Waals surface area contributed by atoms with Crippen molar-refractivity contribution in [2.75, 3.05) is 26.0 Å². The predicted molar refractivity (Wildman–Crippen MR) is 89.1 cm³/mol. The maximum Gasteiger partial charge on any atom is 0.259 e. The van der Waals surface area contributed by atoms with Crippen LogP contribution in [0.3, 0.4) is 0 Å². The van der Waals surface area contributed by atoms with Crippen molar-refractivity contribution in [3.63, 3.8) is 0 Å². The average Bonchev–Trinajstić information content (AvgIpc) is 2.58. The monoisotopic (exact) mass is 327 g/mol. The van der Waals surface area contributed by atoms with Crippen LogP contribution in [0.5, 0.6) is 5.75 Å². The lowest BCUT2D eigenvalue weighted by atomic mass is 10.1. The zero-order chi connectivity index (χ0) is 17.5. The maximum atomic E-state index is 13.1. The molecule has 0 fully saturated rings. The zero-order valence-electron chi connectivity index (χ0n) is 13.5. The molecule has 0 saturated carbocycles. The molecule has 0 heterocycles. The summed E-state index contributed by atoms with van der Waals surface area (Å²) in [5.74, 6) is 0.0191. The number of anilines is 1. The largest absolute Gasteiger partial charge is 0.484 e. The Hall–Kier alpha value is -3.07. The third-order valence-corrected chi connectivity index (χ3v) is 3.34. The molecule has 0 radical (unpaired) electrons. The van der Waals surface area contributed by atoms with Crippen LogP contribution < -0.4 is 10.1 Å². The van der Waals surface area contributed by atoms with Gasteiger partial charge in [-0.1, -0.05) is 12.1 Å². The molecule has 124 valence electrons. The van der Waals surface area contributed by atoms with Gasteiger partial charge in [-0.3, -0.25) is 4.79 Å². The van der Waals surface area contributed by atoms with Crippen molar-refractivity contribution in [1.82, 2.24) is 4.90 Å². The molecular formula is C18H18FN3O2. The van der Waals surface area contributed by atoms with E-state index in [1.54, 1.807) is 20.2 Å². The number of hydrogen-bond acceptors (Lipinski definition) is 4. The Morgan fingerprint density at radius 1 is 1.29 bits per heavy atom. The normalized spacial score (nSPS) is 9.92. The molecule has 0 atom stereocenters. The second-order valence-electron chi connectivity index (χ2n) is 5.38. The second-order valence-corrected chi connectivity index (χ2v) is 5.38. The summed E-state index contributed by atoms with van der Waals surface area (Å²) in [4.78, 5) is 13.0. The second kappa shape index (κ2) is 7.97.